The van der Waals surface area contributed by atoms with E-state index in [9.17, 15) is 9.59 Å². The zero-order chi connectivity index (χ0) is 17.5. The van der Waals surface area contributed by atoms with Crippen LogP contribution in [0.5, 0.6) is 11.5 Å². The van der Waals surface area contributed by atoms with Gasteiger partial charge in [-0.2, -0.15) is 0 Å². The Kier molecular flexibility index (Phi) is 6.46. The number of carbonyl (C=O) groups excluding carboxylic acids is 2. The summed E-state index contributed by atoms with van der Waals surface area (Å²) in [5.74, 6) is 0.227. The first-order chi connectivity index (χ1) is 11.6. The molecule has 24 heavy (non-hydrogen) atoms. The number of methoxy groups -OCH3 is 2. The molecule has 0 saturated carbocycles. The van der Waals surface area contributed by atoms with Crippen molar-refractivity contribution in [2.75, 3.05) is 27.4 Å². The summed E-state index contributed by atoms with van der Waals surface area (Å²) >= 11 is 0. The van der Waals surface area contributed by atoms with Gasteiger partial charge < -0.3 is 19.1 Å². The minimum atomic E-state index is -0.576. The maximum atomic E-state index is 12.4. The summed E-state index contributed by atoms with van der Waals surface area (Å²) in [5.41, 5.74) is 0.275. The Balaban J connectivity index is 1.98. The predicted molar refractivity (Wildman–Crippen MR) is 89.5 cm³/mol. The van der Waals surface area contributed by atoms with Crippen LogP contribution in [0.3, 0.4) is 0 Å². The van der Waals surface area contributed by atoms with E-state index < -0.39 is 5.97 Å². The molecule has 0 unspecified atom stereocenters. The first kappa shape index (κ1) is 18.1. The summed E-state index contributed by atoms with van der Waals surface area (Å²) in [5, 5.41) is 0. The Morgan fingerprint density at radius 1 is 1.21 bits per heavy atom. The molecular weight excluding hydrogens is 310 g/mol. The van der Waals surface area contributed by atoms with E-state index in [2.05, 4.69) is 6.92 Å². The molecule has 0 spiro atoms. The molecule has 1 atom stereocenters. The van der Waals surface area contributed by atoms with Gasteiger partial charge in [0.2, 0.25) is 0 Å². The molecule has 1 aromatic rings. The van der Waals surface area contributed by atoms with Gasteiger partial charge in [0.25, 0.3) is 5.91 Å². The van der Waals surface area contributed by atoms with Crippen molar-refractivity contribution in [3.63, 3.8) is 0 Å². The molecule has 2 rings (SSSR count). The number of amides is 1. The lowest BCUT2D eigenvalue weighted by Crippen LogP contribution is -2.45. The molecule has 6 heteroatoms. The number of nitrogens with zero attached hydrogens (tertiary/aromatic N) is 1. The lowest BCUT2D eigenvalue weighted by atomic mass is 10.00. The molecule has 0 N–H and O–H groups in total. The van der Waals surface area contributed by atoms with Crippen LogP contribution in [-0.2, 0) is 9.53 Å². The van der Waals surface area contributed by atoms with Crippen LogP contribution in [0.25, 0.3) is 0 Å². The number of likely N-dealkylation sites (tertiary alicyclic amines) is 1. The molecule has 0 aromatic heterocycles. The highest BCUT2D eigenvalue weighted by Gasteiger charge is 2.26. The lowest BCUT2D eigenvalue weighted by Gasteiger charge is -2.35. The first-order valence-electron chi connectivity index (χ1n) is 8.29. The van der Waals surface area contributed by atoms with Gasteiger partial charge in [0.1, 0.15) is 17.1 Å². The molecule has 1 heterocycles. The van der Waals surface area contributed by atoms with Gasteiger partial charge in [0, 0.05) is 18.7 Å². The van der Waals surface area contributed by atoms with Crippen LogP contribution in [0.15, 0.2) is 18.2 Å². The minimum absolute atomic E-state index is 0.137. The molecule has 1 aliphatic heterocycles. The second-order valence-corrected chi connectivity index (χ2v) is 5.79. The van der Waals surface area contributed by atoms with E-state index >= 15 is 0 Å². The van der Waals surface area contributed by atoms with Crippen LogP contribution < -0.4 is 9.47 Å². The number of esters is 1. The Bertz CT molecular complexity index is 587. The molecule has 1 fully saturated rings. The van der Waals surface area contributed by atoms with Crippen molar-refractivity contribution < 1.29 is 23.8 Å². The fourth-order valence-electron chi connectivity index (χ4n) is 3.01. The van der Waals surface area contributed by atoms with Gasteiger partial charge in [0.05, 0.1) is 14.2 Å². The van der Waals surface area contributed by atoms with Gasteiger partial charge in [-0.1, -0.05) is 6.92 Å². The molecule has 1 aliphatic rings. The van der Waals surface area contributed by atoms with E-state index in [0.29, 0.717) is 11.5 Å². The summed E-state index contributed by atoms with van der Waals surface area (Å²) in [4.78, 5) is 26.4. The standard InChI is InChI=1S/C18H25NO5/c1-4-13-7-5-6-10-19(13)17(20)12-24-18(21)15-9-8-14(22-2)11-16(15)23-3/h8-9,11,13H,4-7,10,12H2,1-3H3/t13-/m1/s1. The fourth-order valence-corrected chi connectivity index (χ4v) is 3.01. The minimum Gasteiger partial charge on any atom is -0.497 e. The van der Waals surface area contributed by atoms with Crippen molar-refractivity contribution in [1.82, 2.24) is 4.90 Å². The van der Waals surface area contributed by atoms with Crippen LogP contribution in [0, 0.1) is 0 Å². The van der Waals surface area contributed by atoms with E-state index in [4.69, 9.17) is 14.2 Å². The van der Waals surface area contributed by atoms with Gasteiger partial charge in [-0.3, -0.25) is 4.79 Å². The third-order valence-corrected chi connectivity index (χ3v) is 4.37. The number of piperidine rings is 1. The number of carbonyl (C=O) groups is 2. The predicted octanol–water partition coefficient (Wildman–Crippen LogP) is 2.65. The molecule has 0 radical (unpaired) electrons. The number of ether oxygens (including phenoxy) is 3. The number of hydrogen-bond acceptors (Lipinski definition) is 5. The quantitative estimate of drug-likeness (QED) is 0.748. The van der Waals surface area contributed by atoms with Gasteiger partial charge in [-0.25, -0.2) is 4.79 Å². The van der Waals surface area contributed by atoms with Gasteiger partial charge >= 0.3 is 5.97 Å². The zero-order valence-corrected chi connectivity index (χ0v) is 14.5. The van der Waals surface area contributed by atoms with E-state index in [1.54, 1.807) is 18.2 Å². The van der Waals surface area contributed by atoms with E-state index in [0.717, 1.165) is 32.2 Å². The number of rotatable bonds is 6. The number of benzene rings is 1. The van der Waals surface area contributed by atoms with Crippen molar-refractivity contribution in [1.29, 1.82) is 0 Å². The second kappa shape index (κ2) is 8.57. The average molecular weight is 335 g/mol. The normalized spacial score (nSPS) is 17.3. The fraction of sp³-hybridized carbons (Fsp3) is 0.556. The molecule has 6 nitrogen and oxygen atoms in total. The molecule has 132 valence electrons. The largest absolute Gasteiger partial charge is 0.497 e. The van der Waals surface area contributed by atoms with Gasteiger partial charge in [-0.05, 0) is 37.8 Å². The molecule has 1 aromatic carbocycles. The Morgan fingerprint density at radius 3 is 2.67 bits per heavy atom. The monoisotopic (exact) mass is 335 g/mol. The van der Waals surface area contributed by atoms with Crippen molar-refractivity contribution in [3.05, 3.63) is 23.8 Å². The highest BCUT2D eigenvalue weighted by atomic mass is 16.5. The van der Waals surface area contributed by atoms with Crippen LogP contribution in [0.1, 0.15) is 43.0 Å². The third kappa shape index (κ3) is 4.19. The third-order valence-electron chi connectivity index (χ3n) is 4.37. The maximum Gasteiger partial charge on any atom is 0.342 e. The number of hydrogen-bond donors (Lipinski definition) is 0. The van der Waals surface area contributed by atoms with Gasteiger partial charge in [0.15, 0.2) is 6.61 Å². The first-order valence-corrected chi connectivity index (χ1v) is 8.29. The van der Waals surface area contributed by atoms with Crippen molar-refractivity contribution in [2.45, 2.75) is 38.6 Å². The van der Waals surface area contributed by atoms with E-state index in [-0.39, 0.29) is 24.1 Å². The highest BCUT2D eigenvalue weighted by Crippen LogP contribution is 2.25. The summed E-state index contributed by atoms with van der Waals surface area (Å²) < 4.78 is 15.5. The highest BCUT2D eigenvalue weighted by molar-refractivity contribution is 5.94. The molecular formula is C18H25NO5. The molecule has 1 amide bonds. The van der Waals surface area contributed by atoms with E-state index in [1.165, 1.54) is 14.2 Å². The van der Waals surface area contributed by atoms with E-state index in [1.807, 2.05) is 4.90 Å². The lowest BCUT2D eigenvalue weighted by molar-refractivity contribution is -0.138. The second-order valence-electron chi connectivity index (χ2n) is 5.79. The van der Waals surface area contributed by atoms with Crippen LogP contribution in [0.4, 0.5) is 0 Å². The molecule has 1 saturated heterocycles. The molecule has 0 aliphatic carbocycles. The van der Waals surface area contributed by atoms with Crippen molar-refractivity contribution >= 4 is 11.9 Å². The molecule has 0 bridgehead atoms. The smallest absolute Gasteiger partial charge is 0.342 e. The maximum absolute atomic E-state index is 12.4. The summed E-state index contributed by atoms with van der Waals surface area (Å²) in [6.45, 7) is 2.57. The van der Waals surface area contributed by atoms with Gasteiger partial charge in [-0.15, -0.1) is 0 Å². The Hall–Kier alpha value is -2.24. The SMILES string of the molecule is CC[C@@H]1CCCCN1C(=O)COC(=O)c1ccc(OC)cc1OC. The average Bonchev–Trinajstić information content (AvgIpc) is 2.65. The topological polar surface area (TPSA) is 65.1 Å². The zero-order valence-electron chi connectivity index (χ0n) is 14.5. The van der Waals surface area contributed by atoms with Crippen LogP contribution in [-0.4, -0.2) is 50.2 Å². The Labute approximate surface area is 142 Å². The van der Waals surface area contributed by atoms with Crippen molar-refractivity contribution in [2.24, 2.45) is 0 Å². The summed E-state index contributed by atoms with van der Waals surface area (Å²) in [7, 11) is 3.00. The summed E-state index contributed by atoms with van der Waals surface area (Å²) in [6.07, 6.45) is 4.09. The Morgan fingerprint density at radius 2 is 2.00 bits per heavy atom. The van der Waals surface area contributed by atoms with Crippen molar-refractivity contribution in [3.8, 4) is 11.5 Å². The summed E-state index contributed by atoms with van der Waals surface area (Å²) in [6, 6.07) is 5.08. The van der Waals surface area contributed by atoms with Crippen LogP contribution >= 0.6 is 0 Å². The van der Waals surface area contributed by atoms with Crippen LogP contribution in [0.2, 0.25) is 0 Å².